The van der Waals surface area contributed by atoms with Crippen LogP contribution in [0, 0.1) is 0 Å². The monoisotopic (exact) mass is 822 g/mol. The number of carbonyl (C=O) groups is 3. The van der Waals surface area contributed by atoms with Gasteiger partial charge in [-0.05, 0) is 64.7 Å². The van der Waals surface area contributed by atoms with Crippen molar-refractivity contribution in [1.29, 1.82) is 0 Å². The molecular formula is C47H54N2O11. The van der Waals surface area contributed by atoms with Gasteiger partial charge >= 0.3 is 5.97 Å². The summed E-state index contributed by atoms with van der Waals surface area (Å²) in [7, 11) is 8.52. The Hall–Kier alpha value is -5.79. The van der Waals surface area contributed by atoms with Crippen molar-refractivity contribution in [3.05, 3.63) is 94.0 Å². The van der Waals surface area contributed by atoms with E-state index in [-0.39, 0.29) is 32.3 Å². The number of carboxylic acid groups (broad SMARTS) is 2. The van der Waals surface area contributed by atoms with Crippen LogP contribution in [0.25, 0.3) is 0 Å². The molecule has 318 valence electrons. The summed E-state index contributed by atoms with van der Waals surface area (Å²) < 4.78 is 37.5. The Kier molecular flexibility index (Phi) is 11.8. The van der Waals surface area contributed by atoms with Gasteiger partial charge < -0.3 is 57.2 Å². The highest BCUT2D eigenvalue weighted by molar-refractivity contribution is 5.75. The van der Waals surface area contributed by atoms with E-state index in [1.807, 2.05) is 88.6 Å². The SMILES string of the molecule is CCC(C(=O)[O-])[N+]1(C)CCc2cc(OC)c3cc2C1Cc1ccc(cc1)Oc1cc(ccc1OC)CC1c2c(cc(OC)c(OC(C)=O)c2O3)CC[N+]1(C)C(CC)C(=O)[O-]. The zero-order valence-corrected chi connectivity index (χ0v) is 35.6. The number of hydrogen-bond acceptors (Lipinski definition) is 11. The van der Waals surface area contributed by atoms with Crippen LogP contribution in [0.5, 0.6) is 46.0 Å². The predicted molar refractivity (Wildman–Crippen MR) is 217 cm³/mol. The van der Waals surface area contributed by atoms with Crippen LogP contribution >= 0.6 is 0 Å². The first kappa shape index (κ1) is 42.3. The van der Waals surface area contributed by atoms with E-state index < -0.39 is 36.0 Å². The van der Waals surface area contributed by atoms with Crippen LogP contribution in [0.2, 0.25) is 0 Å². The topological polar surface area (TPSA) is 153 Å². The largest absolute Gasteiger partial charge is 0.544 e. The van der Waals surface area contributed by atoms with Crippen molar-refractivity contribution in [2.75, 3.05) is 48.5 Å². The maximum absolute atomic E-state index is 13.1. The van der Waals surface area contributed by atoms with Crippen LogP contribution in [0.1, 0.15) is 79.1 Å². The normalized spacial score (nSPS) is 22.7. The summed E-state index contributed by atoms with van der Waals surface area (Å²) in [5, 5.41) is 25.9. The predicted octanol–water partition coefficient (Wildman–Crippen LogP) is 5.17. The van der Waals surface area contributed by atoms with Gasteiger partial charge in [-0.1, -0.05) is 32.0 Å². The molecule has 4 aromatic carbocycles. The second-order valence-electron chi connectivity index (χ2n) is 16.5. The van der Waals surface area contributed by atoms with E-state index in [9.17, 15) is 24.6 Å². The maximum Gasteiger partial charge on any atom is 0.308 e. The molecule has 0 N–H and O–H groups in total. The van der Waals surface area contributed by atoms with Crippen molar-refractivity contribution >= 4 is 17.9 Å². The standard InChI is InChI=1S/C47H54N2O11/c1-9-34(46(51)52)48(4)19-17-30-24-39(56-7)41-26-33(30)36(48)21-28-11-14-32(15-12-28)59-40-23-29(13-16-38(40)55-6)22-37-43-31(18-20-49(37,5)35(10-2)47(53)54)25-42(57-8)44(45(43)60-41)58-27(3)50/h11-16,23-26,34-37H,9-10,17-22H2,1-8H3. The Morgan fingerprint density at radius 2 is 1.25 bits per heavy atom. The van der Waals surface area contributed by atoms with Gasteiger partial charge in [0.25, 0.3) is 0 Å². The quantitative estimate of drug-likeness (QED) is 0.118. The van der Waals surface area contributed by atoms with Crippen molar-refractivity contribution in [2.24, 2.45) is 0 Å². The molecule has 0 radical (unpaired) electrons. The second kappa shape index (κ2) is 16.7. The van der Waals surface area contributed by atoms with Crippen molar-refractivity contribution in [1.82, 2.24) is 0 Å². The Labute approximate surface area is 351 Å². The van der Waals surface area contributed by atoms with E-state index >= 15 is 0 Å². The molecule has 6 bridgehead atoms. The summed E-state index contributed by atoms with van der Waals surface area (Å²) in [4.78, 5) is 38.8. The highest BCUT2D eigenvalue weighted by Crippen LogP contribution is 2.54. The number of carbonyl (C=O) groups excluding carboxylic acids is 3. The molecule has 0 saturated heterocycles. The van der Waals surface area contributed by atoms with E-state index in [2.05, 4.69) is 0 Å². The summed E-state index contributed by atoms with van der Waals surface area (Å²) in [6.07, 6.45) is 2.47. The fourth-order valence-electron chi connectivity index (χ4n) is 10.1. The van der Waals surface area contributed by atoms with Gasteiger partial charge in [0, 0.05) is 51.0 Å². The van der Waals surface area contributed by atoms with Crippen LogP contribution in [-0.4, -0.2) is 87.5 Å². The molecule has 0 spiro atoms. The van der Waals surface area contributed by atoms with Gasteiger partial charge in [0.05, 0.1) is 66.0 Å². The Morgan fingerprint density at radius 3 is 1.83 bits per heavy atom. The van der Waals surface area contributed by atoms with E-state index in [4.69, 9.17) is 28.4 Å². The Bertz CT molecular complexity index is 2310. The van der Waals surface area contributed by atoms with E-state index in [1.54, 1.807) is 14.2 Å². The van der Waals surface area contributed by atoms with Gasteiger partial charge in [-0.3, -0.25) is 4.79 Å². The third kappa shape index (κ3) is 7.49. The molecule has 0 saturated carbocycles. The summed E-state index contributed by atoms with van der Waals surface area (Å²) in [5.74, 6) is -0.134. The zero-order chi connectivity index (χ0) is 43.1. The third-order valence-corrected chi connectivity index (χ3v) is 13.3. The number of rotatable bonds is 10. The number of esters is 1. The minimum atomic E-state index is -1.17. The van der Waals surface area contributed by atoms with E-state index in [0.717, 1.165) is 27.8 Å². The average Bonchev–Trinajstić information content (AvgIpc) is 3.21. The molecule has 0 fully saturated rings. The summed E-state index contributed by atoms with van der Waals surface area (Å²) in [6, 6.07) is 16.4. The minimum absolute atomic E-state index is 0.0383. The van der Waals surface area contributed by atoms with Crippen LogP contribution in [0.4, 0.5) is 0 Å². The zero-order valence-electron chi connectivity index (χ0n) is 35.6. The third-order valence-electron chi connectivity index (χ3n) is 13.3. The number of fused-ring (bicyclic) bond motifs is 2. The lowest BCUT2D eigenvalue weighted by atomic mass is 9.83. The van der Waals surface area contributed by atoms with Gasteiger partial charge in [-0.2, -0.15) is 0 Å². The number of aliphatic carboxylic acids is 2. The molecule has 6 unspecified atom stereocenters. The molecule has 60 heavy (non-hydrogen) atoms. The van der Waals surface area contributed by atoms with Crippen molar-refractivity contribution in [3.63, 3.8) is 0 Å². The highest BCUT2D eigenvalue weighted by atomic mass is 16.6. The first-order valence-corrected chi connectivity index (χ1v) is 20.5. The number of nitrogens with zero attached hydrogens (tertiary/aromatic N) is 2. The van der Waals surface area contributed by atoms with Crippen LogP contribution in [0.15, 0.2) is 60.7 Å². The van der Waals surface area contributed by atoms with Crippen LogP contribution in [0.3, 0.4) is 0 Å². The molecule has 4 aromatic rings. The Balaban J connectivity index is 1.57. The van der Waals surface area contributed by atoms with Crippen LogP contribution in [-0.2, 0) is 40.1 Å². The van der Waals surface area contributed by atoms with Gasteiger partial charge in [-0.15, -0.1) is 0 Å². The van der Waals surface area contributed by atoms with E-state index in [0.29, 0.717) is 85.9 Å². The fraction of sp³-hybridized carbons (Fsp3) is 0.426. The molecule has 0 aliphatic carbocycles. The number of benzene rings is 4. The number of methoxy groups -OCH3 is 3. The fourth-order valence-corrected chi connectivity index (χ4v) is 10.1. The Morgan fingerprint density at radius 1 is 0.700 bits per heavy atom. The number of ether oxygens (including phenoxy) is 6. The van der Waals surface area contributed by atoms with Crippen LogP contribution < -0.4 is 38.6 Å². The molecule has 4 aliphatic rings. The first-order chi connectivity index (χ1) is 28.7. The highest BCUT2D eigenvalue weighted by Gasteiger charge is 2.49. The van der Waals surface area contributed by atoms with Gasteiger partial charge in [0.2, 0.25) is 5.75 Å². The van der Waals surface area contributed by atoms with Gasteiger partial charge in [0.15, 0.2) is 34.5 Å². The summed E-state index contributed by atoms with van der Waals surface area (Å²) in [5.41, 5.74) is 5.16. The second-order valence-corrected chi connectivity index (χ2v) is 16.5. The van der Waals surface area contributed by atoms with Crippen molar-refractivity contribution in [3.8, 4) is 46.0 Å². The summed E-state index contributed by atoms with van der Waals surface area (Å²) in [6.45, 7) is 5.99. The number of carboxylic acids is 2. The average molecular weight is 823 g/mol. The van der Waals surface area contributed by atoms with Gasteiger partial charge in [-0.25, -0.2) is 0 Å². The van der Waals surface area contributed by atoms with Crippen molar-refractivity contribution < 1.29 is 62.0 Å². The molecule has 8 rings (SSSR count). The van der Waals surface area contributed by atoms with Gasteiger partial charge in [0.1, 0.15) is 29.9 Å². The lowest BCUT2D eigenvalue weighted by molar-refractivity contribution is -0.958. The molecular weight excluding hydrogens is 769 g/mol. The van der Waals surface area contributed by atoms with E-state index in [1.165, 1.54) is 14.0 Å². The molecule has 13 heteroatoms. The first-order valence-electron chi connectivity index (χ1n) is 20.5. The number of quaternary nitrogens is 2. The molecule has 0 amide bonds. The summed E-state index contributed by atoms with van der Waals surface area (Å²) >= 11 is 0. The lowest BCUT2D eigenvalue weighted by Crippen LogP contribution is -2.63. The maximum atomic E-state index is 13.1. The smallest absolute Gasteiger partial charge is 0.308 e. The molecule has 4 aliphatic heterocycles. The lowest BCUT2D eigenvalue weighted by Gasteiger charge is -2.51. The molecule has 0 aromatic heterocycles. The van der Waals surface area contributed by atoms with Crippen molar-refractivity contribution in [2.45, 2.75) is 83.5 Å². The molecule has 6 atom stereocenters. The number of likely N-dealkylation sites (N-methyl/N-ethyl adjacent to an activating group) is 2. The number of hydrogen-bond donors (Lipinski definition) is 0. The minimum Gasteiger partial charge on any atom is -0.544 e. The molecule has 13 nitrogen and oxygen atoms in total. The molecule has 4 heterocycles.